The molecule has 2 aromatic rings. The van der Waals surface area contributed by atoms with Crippen LogP contribution in [-0.4, -0.2) is 13.6 Å². The van der Waals surface area contributed by atoms with Gasteiger partial charge in [0.2, 0.25) is 0 Å². The van der Waals surface area contributed by atoms with Gasteiger partial charge >= 0.3 is 0 Å². The Kier molecular flexibility index (Phi) is 3.09. The summed E-state index contributed by atoms with van der Waals surface area (Å²) in [7, 11) is 2.24. The molecule has 0 radical (unpaired) electrons. The molecule has 1 aliphatic rings. The highest BCUT2D eigenvalue weighted by Gasteiger charge is 2.23. The molecule has 2 heteroatoms. The summed E-state index contributed by atoms with van der Waals surface area (Å²) < 4.78 is 1.50. The standard InChI is InChI=1S/C17H23NS/c1-17(2,3)14-11-15-12(7-5-6-9-18(15)4)13-8-10-19-16(13)14/h8,10-11H,5-7,9H2,1-4H3. The van der Waals surface area contributed by atoms with Crippen molar-refractivity contribution in [2.75, 3.05) is 18.5 Å². The molecule has 0 fully saturated rings. The number of hydrogen-bond acceptors (Lipinski definition) is 2. The lowest BCUT2D eigenvalue weighted by Crippen LogP contribution is -2.19. The zero-order valence-electron chi connectivity index (χ0n) is 12.4. The summed E-state index contributed by atoms with van der Waals surface area (Å²) in [6, 6.07) is 4.78. The maximum absolute atomic E-state index is 2.46. The second-order valence-corrected chi connectivity index (χ2v) is 7.63. The number of fused-ring (bicyclic) bond motifs is 3. The minimum atomic E-state index is 0.214. The third kappa shape index (κ3) is 2.16. The Morgan fingerprint density at radius 2 is 2.00 bits per heavy atom. The third-order valence-electron chi connectivity index (χ3n) is 4.21. The van der Waals surface area contributed by atoms with Gasteiger partial charge in [-0.05, 0) is 58.7 Å². The molecule has 0 saturated carbocycles. The van der Waals surface area contributed by atoms with Crippen molar-refractivity contribution in [3.8, 4) is 0 Å². The molecule has 19 heavy (non-hydrogen) atoms. The van der Waals surface area contributed by atoms with Gasteiger partial charge in [0.05, 0.1) is 0 Å². The second-order valence-electron chi connectivity index (χ2n) is 6.71. The molecule has 0 N–H and O–H groups in total. The van der Waals surface area contributed by atoms with E-state index in [2.05, 4.69) is 50.2 Å². The predicted octanol–water partition coefficient (Wildman–Crippen LogP) is 4.97. The third-order valence-corrected chi connectivity index (χ3v) is 5.16. The van der Waals surface area contributed by atoms with Gasteiger partial charge in [-0.2, -0.15) is 0 Å². The summed E-state index contributed by atoms with van der Waals surface area (Å²) in [6.07, 6.45) is 3.86. The molecule has 1 aliphatic heterocycles. The van der Waals surface area contributed by atoms with E-state index in [9.17, 15) is 0 Å². The van der Waals surface area contributed by atoms with Crippen LogP contribution in [0.15, 0.2) is 17.5 Å². The first-order valence-corrected chi connectivity index (χ1v) is 8.11. The predicted molar refractivity (Wildman–Crippen MR) is 86.7 cm³/mol. The Bertz CT molecular complexity index is 603. The van der Waals surface area contributed by atoms with E-state index >= 15 is 0 Å². The lowest BCUT2D eigenvalue weighted by atomic mass is 9.84. The lowest BCUT2D eigenvalue weighted by Gasteiger charge is -2.26. The zero-order valence-corrected chi connectivity index (χ0v) is 13.2. The van der Waals surface area contributed by atoms with Crippen LogP contribution in [0.4, 0.5) is 5.69 Å². The average molecular weight is 273 g/mol. The molecule has 1 aromatic carbocycles. The number of thiophene rings is 1. The van der Waals surface area contributed by atoms with Crippen molar-refractivity contribution in [3.05, 3.63) is 28.6 Å². The molecule has 102 valence electrons. The van der Waals surface area contributed by atoms with Gasteiger partial charge in [-0.3, -0.25) is 0 Å². The van der Waals surface area contributed by atoms with Crippen LogP contribution in [0.1, 0.15) is 44.7 Å². The van der Waals surface area contributed by atoms with E-state index in [1.54, 1.807) is 5.56 Å². The molecule has 0 unspecified atom stereocenters. The number of anilines is 1. The van der Waals surface area contributed by atoms with Gasteiger partial charge in [0.25, 0.3) is 0 Å². The topological polar surface area (TPSA) is 3.24 Å². The van der Waals surface area contributed by atoms with Gasteiger partial charge < -0.3 is 4.90 Å². The molecule has 1 nitrogen and oxygen atoms in total. The van der Waals surface area contributed by atoms with E-state index < -0.39 is 0 Å². The zero-order chi connectivity index (χ0) is 13.6. The summed E-state index contributed by atoms with van der Waals surface area (Å²) in [5, 5.41) is 3.76. The minimum absolute atomic E-state index is 0.214. The Hall–Kier alpha value is -1.02. The number of benzene rings is 1. The second kappa shape index (κ2) is 4.52. The summed E-state index contributed by atoms with van der Waals surface area (Å²) in [6.45, 7) is 8.16. The Morgan fingerprint density at radius 3 is 2.74 bits per heavy atom. The van der Waals surface area contributed by atoms with Crippen LogP contribution in [0.3, 0.4) is 0 Å². The number of nitrogens with zero attached hydrogens (tertiary/aromatic N) is 1. The van der Waals surface area contributed by atoms with E-state index in [4.69, 9.17) is 0 Å². The first-order chi connectivity index (χ1) is 8.98. The SMILES string of the molecule is CN1CCCCc2c1cc(C(C)(C)C)c1sccc21. The highest BCUT2D eigenvalue weighted by Crippen LogP contribution is 2.41. The summed E-state index contributed by atoms with van der Waals surface area (Å²) in [5.41, 5.74) is 4.76. The molecule has 3 rings (SSSR count). The monoisotopic (exact) mass is 273 g/mol. The molecule has 0 atom stereocenters. The molecule has 2 heterocycles. The fraction of sp³-hybridized carbons (Fsp3) is 0.529. The maximum Gasteiger partial charge on any atom is 0.0406 e. The summed E-state index contributed by atoms with van der Waals surface area (Å²) >= 11 is 1.90. The fourth-order valence-electron chi connectivity index (χ4n) is 3.11. The first kappa shape index (κ1) is 13.0. The van der Waals surface area contributed by atoms with Gasteiger partial charge in [0.15, 0.2) is 0 Å². The van der Waals surface area contributed by atoms with Crippen molar-refractivity contribution in [1.29, 1.82) is 0 Å². The van der Waals surface area contributed by atoms with Crippen LogP contribution in [0.5, 0.6) is 0 Å². The van der Waals surface area contributed by atoms with Crippen molar-refractivity contribution in [2.24, 2.45) is 0 Å². The normalized spacial score (nSPS) is 16.5. The highest BCUT2D eigenvalue weighted by molar-refractivity contribution is 7.17. The molecular weight excluding hydrogens is 250 g/mol. The van der Waals surface area contributed by atoms with Gasteiger partial charge in [-0.15, -0.1) is 11.3 Å². The summed E-state index contributed by atoms with van der Waals surface area (Å²) in [4.78, 5) is 2.45. The molecule has 0 saturated heterocycles. The van der Waals surface area contributed by atoms with Crippen molar-refractivity contribution in [3.63, 3.8) is 0 Å². The van der Waals surface area contributed by atoms with Crippen LogP contribution >= 0.6 is 11.3 Å². The van der Waals surface area contributed by atoms with E-state index in [1.165, 1.54) is 47.1 Å². The largest absolute Gasteiger partial charge is 0.374 e. The lowest BCUT2D eigenvalue weighted by molar-refractivity contribution is 0.596. The number of rotatable bonds is 0. The van der Waals surface area contributed by atoms with Crippen molar-refractivity contribution in [1.82, 2.24) is 0 Å². The molecular formula is C17H23NS. The van der Waals surface area contributed by atoms with E-state index in [0.29, 0.717) is 0 Å². The fourth-order valence-corrected chi connectivity index (χ4v) is 4.26. The van der Waals surface area contributed by atoms with Crippen molar-refractivity contribution < 1.29 is 0 Å². The molecule has 1 aromatic heterocycles. The van der Waals surface area contributed by atoms with Crippen LogP contribution in [0.25, 0.3) is 10.1 Å². The van der Waals surface area contributed by atoms with Gasteiger partial charge in [-0.1, -0.05) is 20.8 Å². The molecule has 0 spiro atoms. The van der Waals surface area contributed by atoms with Crippen molar-refractivity contribution >= 4 is 27.1 Å². The van der Waals surface area contributed by atoms with Crippen LogP contribution in [0.2, 0.25) is 0 Å². The van der Waals surface area contributed by atoms with Gasteiger partial charge in [0.1, 0.15) is 0 Å². The van der Waals surface area contributed by atoms with Gasteiger partial charge in [0, 0.05) is 24.0 Å². The van der Waals surface area contributed by atoms with E-state index in [1.807, 2.05) is 11.3 Å². The molecule has 0 bridgehead atoms. The number of hydrogen-bond donors (Lipinski definition) is 0. The Labute approximate surface area is 120 Å². The quantitative estimate of drug-likeness (QED) is 0.655. The Balaban J connectivity index is 2.33. The van der Waals surface area contributed by atoms with E-state index in [0.717, 1.165) is 0 Å². The highest BCUT2D eigenvalue weighted by atomic mass is 32.1. The Morgan fingerprint density at radius 1 is 1.21 bits per heavy atom. The molecule has 0 aliphatic carbocycles. The smallest absolute Gasteiger partial charge is 0.0406 e. The minimum Gasteiger partial charge on any atom is -0.374 e. The van der Waals surface area contributed by atoms with E-state index in [-0.39, 0.29) is 5.41 Å². The maximum atomic E-state index is 2.46. The van der Waals surface area contributed by atoms with Crippen molar-refractivity contribution in [2.45, 2.75) is 45.4 Å². The van der Waals surface area contributed by atoms with Crippen LogP contribution in [-0.2, 0) is 11.8 Å². The van der Waals surface area contributed by atoms with Gasteiger partial charge in [-0.25, -0.2) is 0 Å². The molecule has 0 amide bonds. The van der Waals surface area contributed by atoms with Crippen LogP contribution < -0.4 is 4.90 Å². The average Bonchev–Trinajstić information content (AvgIpc) is 2.73. The summed E-state index contributed by atoms with van der Waals surface area (Å²) in [5.74, 6) is 0. The number of aryl methyl sites for hydroxylation is 1. The first-order valence-electron chi connectivity index (χ1n) is 7.23. The van der Waals surface area contributed by atoms with Crippen LogP contribution in [0, 0.1) is 0 Å².